The van der Waals surface area contributed by atoms with Crippen LogP contribution in [0.25, 0.3) is 0 Å². The lowest BCUT2D eigenvalue weighted by atomic mass is 10.8. The molecule has 0 aromatic rings. The largest absolute Gasteiger partial charge is 0.224 e. The normalized spacial score (nSPS) is 13.9. The van der Waals surface area contributed by atoms with E-state index in [0.29, 0.717) is 4.91 Å². The van der Waals surface area contributed by atoms with Crippen LogP contribution in [0.5, 0.6) is 0 Å². The molecule has 0 rings (SSSR count). The Balaban J connectivity index is 4.41. The topological polar surface area (TPSA) is 34.1 Å². The molecule has 0 bridgehead atoms. The molecule has 54 valence electrons. The fourth-order valence-corrected chi connectivity index (χ4v) is 1.57. The average Bonchev–Trinajstić information content (AvgIpc) is 1.64. The second-order valence-corrected chi connectivity index (χ2v) is 4.63. The van der Waals surface area contributed by atoms with E-state index in [1.54, 1.807) is 12.3 Å². The molecule has 0 fully saturated rings. The van der Waals surface area contributed by atoms with E-state index in [-0.39, 0.29) is 0 Å². The first-order valence-corrected chi connectivity index (χ1v) is 5.56. The van der Waals surface area contributed by atoms with Crippen LogP contribution in [0.15, 0.2) is 10.3 Å². The van der Waals surface area contributed by atoms with Crippen LogP contribution in [-0.4, -0.2) is 20.9 Å². The van der Waals surface area contributed by atoms with Crippen molar-refractivity contribution in [1.82, 2.24) is 0 Å². The van der Waals surface area contributed by atoms with Gasteiger partial charge in [-0.1, -0.05) is 0 Å². The summed E-state index contributed by atoms with van der Waals surface area (Å²) in [7, 11) is -2.92. The lowest BCUT2D eigenvalue weighted by molar-refractivity contribution is 0.607. The molecule has 0 spiro atoms. The smallest absolute Gasteiger partial charge is 0.171 e. The molecule has 0 aliphatic rings. The van der Waals surface area contributed by atoms with E-state index in [9.17, 15) is 8.42 Å². The molecule has 0 saturated carbocycles. The van der Waals surface area contributed by atoms with Crippen LogP contribution >= 0.6 is 11.8 Å². The highest BCUT2D eigenvalue weighted by Crippen LogP contribution is 2.07. The van der Waals surface area contributed by atoms with Gasteiger partial charge in [-0.25, -0.2) is 8.42 Å². The summed E-state index contributed by atoms with van der Waals surface area (Å²) in [6.07, 6.45) is 3.03. The molecule has 0 aromatic carbocycles. The van der Waals surface area contributed by atoms with Crippen molar-refractivity contribution in [3.05, 3.63) is 10.3 Å². The minimum absolute atomic E-state index is 0.426. The third-order valence-corrected chi connectivity index (χ3v) is 2.89. The van der Waals surface area contributed by atoms with Gasteiger partial charge in [0.15, 0.2) is 9.84 Å². The molecule has 9 heavy (non-hydrogen) atoms. The third-order valence-electron chi connectivity index (χ3n) is 0.869. The number of allylic oxidation sites excluding steroid dienone is 1. The van der Waals surface area contributed by atoms with Crippen molar-refractivity contribution >= 4 is 21.6 Å². The van der Waals surface area contributed by atoms with Crippen LogP contribution in [0, 0.1) is 0 Å². The van der Waals surface area contributed by atoms with Crippen molar-refractivity contribution in [2.75, 3.05) is 12.5 Å². The Morgan fingerprint density at radius 3 is 2.11 bits per heavy atom. The van der Waals surface area contributed by atoms with Crippen molar-refractivity contribution in [1.29, 1.82) is 0 Å². The lowest BCUT2D eigenvalue weighted by Crippen LogP contribution is -1.95. The molecule has 2 nitrogen and oxygen atoms in total. The van der Waals surface area contributed by atoms with Gasteiger partial charge in [-0.15, -0.1) is 11.8 Å². The Hall–Kier alpha value is 0.0400. The monoisotopic (exact) mass is 166 g/mol. The standard InChI is InChI=1S/C5H10O2S2/c1-5(4-8-2)9(3,6)7/h4H,1-3H3/b5-4-. The fourth-order valence-electron chi connectivity index (χ4n) is 0.253. The van der Waals surface area contributed by atoms with Crippen LogP contribution in [0.2, 0.25) is 0 Å². The summed E-state index contributed by atoms with van der Waals surface area (Å²) in [5.41, 5.74) is 0. The first kappa shape index (κ1) is 9.04. The first-order valence-electron chi connectivity index (χ1n) is 2.38. The van der Waals surface area contributed by atoms with Crippen LogP contribution in [-0.2, 0) is 9.84 Å². The second kappa shape index (κ2) is 3.27. The van der Waals surface area contributed by atoms with Gasteiger partial charge < -0.3 is 0 Å². The molecule has 0 aromatic heterocycles. The Morgan fingerprint density at radius 1 is 1.56 bits per heavy atom. The predicted octanol–water partition coefficient (Wildman–Crippen LogP) is 1.26. The average molecular weight is 166 g/mol. The van der Waals surface area contributed by atoms with E-state index in [2.05, 4.69) is 0 Å². The van der Waals surface area contributed by atoms with Crippen LogP contribution < -0.4 is 0 Å². The van der Waals surface area contributed by atoms with E-state index in [0.717, 1.165) is 0 Å². The lowest BCUT2D eigenvalue weighted by Gasteiger charge is -1.92. The maximum Gasteiger partial charge on any atom is 0.171 e. The zero-order valence-corrected chi connectivity index (χ0v) is 7.34. The molecular weight excluding hydrogens is 156 g/mol. The number of sulfone groups is 1. The Labute approximate surface area is 60.3 Å². The summed E-state index contributed by atoms with van der Waals surface area (Å²) >= 11 is 1.40. The zero-order chi connectivity index (χ0) is 7.49. The van der Waals surface area contributed by atoms with Gasteiger partial charge in [0.2, 0.25) is 0 Å². The summed E-state index contributed by atoms with van der Waals surface area (Å²) in [5.74, 6) is 0. The summed E-state index contributed by atoms with van der Waals surface area (Å²) < 4.78 is 21.3. The van der Waals surface area contributed by atoms with Crippen LogP contribution in [0.3, 0.4) is 0 Å². The molecule has 0 amide bonds. The maximum atomic E-state index is 10.6. The van der Waals surface area contributed by atoms with Gasteiger partial charge in [0, 0.05) is 11.2 Å². The van der Waals surface area contributed by atoms with Gasteiger partial charge in [0.05, 0.1) is 0 Å². The zero-order valence-electron chi connectivity index (χ0n) is 5.71. The minimum Gasteiger partial charge on any atom is -0.224 e. The van der Waals surface area contributed by atoms with Gasteiger partial charge in [0.1, 0.15) is 0 Å². The molecule has 0 radical (unpaired) electrons. The van der Waals surface area contributed by atoms with Crippen molar-refractivity contribution in [3.63, 3.8) is 0 Å². The van der Waals surface area contributed by atoms with E-state index in [1.165, 1.54) is 18.0 Å². The van der Waals surface area contributed by atoms with Crippen molar-refractivity contribution < 1.29 is 8.42 Å². The van der Waals surface area contributed by atoms with Gasteiger partial charge in [0.25, 0.3) is 0 Å². The molecule has 0 heterocycles. The predicted molar refractivity (Wildman–Crippen MR) is 42.1 cm³/mol. The van der Waals surface area contributed by atoms with Gasteiger partial charge in [-0.3, -0.25) is 0 Å². The highest BCUT2D eigenvalue weighted by molar-refractivity contribution is 8.02. The van der Waals surface area contributed by atoms with E-state index in [1.807, 2.05) is 6.26 Å². The molecule has 0 aliphatic carbocycles. The molecule has 0 unspecified atom stereocenters. The van der Waals surface area contributed by atoms with E-state index in [4.69, 9.17) is 0 Å². The number of thioether (sulfide) groups is 1. The molecule has 0 aliphatic heterocycles. The third kappa shape index (κ3) is 3.59. The summed E-state index contributed by atoms with van der Waals surface area (Å²) in [5, 5.41) is 1.62. The van der Waals surface area contributed by atoms with Crippen LogP contribution in [0.4, 0.5) is 0 Å². The second-order valence-electron chi connectivity index (χ2n) is 1.74. The molecule has 4 heteroatoms. The van der Waals surface area contributed by atoms with E-state index >= 15 is 0 Å². The maximum absolute atomic E-state index is 10.6. The summed E-state index contributed by atoms with van der Waals surface area (Å²) in [6, 6.07) is 0. The Kier molecular flexibility index (Phi) is 3.28. The molecule has 0 atom stereocenters. The Morgan fingerprint density at radius 2 is 2.00 bits per heavy atom. The fraction of sp³-hybridized carbons (Fsp3) is 0.600. The summed E-state index contributed by atoms with van der Waals surface area (Å²) in [6.45, 7) is 1.59. The highest BCUT2D eigenvalue weighted by atomic mass is 32.2. The SMILES string of the molecule is CS/C=C(/C)S(C)(=O)=O. The van der Waals surface area contributed by atoms with Gasteiger partial charge in [-0.2, -0.15) is 0 Å². The number of hydrogen-bond donors (Lipinski definition) is 0. The number of rotatable bonds is 2. The quantitative estimate of drug-likeness (QED) is 0.619. The molecule has 0 N–H and O–H groups in total. The minimum atomic E-state index is -2.92. The van der Waals surface area contributed by atoms with Gasteiger partial charge >= 0.3 is 0 Å². The van der Waals surface area contributed by atoms with Crippen LogP contribution in [0.1, 0.15) is 6.92 Å². The van der Waals surface area contributed by atoms with Crippen molar-refractivity contribution in [3.8, 4) is 0 Å². The first-order chi connectivity index (χ1) is 3.98. The number of hydrogen-bond acceptors (Lipinski definition) is 3. The highest BCUT2D eigenvalue weighted by Gasteiger charge is 2.02. The molecular formula is C5H10O2S2. The summed E-state index contributed by atoms with van der Waals surface area (Å²) in [4.78, 5) is 0.426. The molecule has 0 saturated heterocycles. The van der Waals surface area contributed by atoms with Crippen molar-refractivity contribution in [2.24, 2.45) is 0 Å². The van der Waals surface area contributed by atoms with Crippen molar-refractivity contribution in [2.45, 2.75) is 6.92 Å². The Bertz CT molecular complexity index is 201. The van der Waals surface area contributed by atoms with E-state index < -0.39 is 9.84 Å². The van der Waals surface area contributed by atoms with Gasteiger partial charge in [-0.05, 0) is 18.6 Å².